The summed E-state index contributed by atoms with van der Waals surface area (Å²) in [5.74, 6) is 1.48. The molecular formula is C14H18N4O2. The van der Waals surface area contributed by atoms with Crippen LogP contribution in [-0.4, -0.2) is 19.9 Å². The van der Waals surface area contributed by atoms with E-state index in [-0.39, 0.29) is 11.0 Å². The summed E-state index contributed by atoms with van der Waals surface area (Å²) in [5.41, 5.74) is 0.698. The van der Waals surface area contributed by atoms with E-state index < -0.39 is 0 Å². The first kappa shape index (κ1) is 13.0. The summed E-state index contributed by atoms with van der Waals surface area (Å²) in [6.45, 7) is 6.96. The van der Waals surface area contributed by atoms with Crippen LogP contribution in [0.15, 0.2) is 21.5 Å². The van der Waals surface area contributed by atoms with Gasteiger partial charge in [-0.05, 0) is 24.3 Å². The van der Waals surface area contributed by atoms with Gasteiger partial charge in [0.25, 0.3) is 11.4 Å². The molecule has 0 radical (unpaired) electrons. The molecule has 1 unspecified atom stereocenters. The van der Waals surface area contributed by atoms with Crippen LogP contribution in [0, 0.1) is 5.41 Å². The Bertz CT molecular complexity index is 686. The minimum absolute atomic E-state index is 0.112. The first-order chi connectivity index (χ1) is 9.51. The molecule has 6 nitrogen and oxygen atoms in total. The molecule has 2 aromatic rings. The number of hydrogen-bond acceptors (Lipinski definition) is 5. The zero-order chi connectivity index (χ0) is 14.3. The van der Waals surface area contributed by atoms with Crippen LogP contribution in [0.2, 0.25) is 0 Å². The molecule has 0 aliphatic heterocycles. The molecule has 3 rings (SSSR count). The van der Waals surface area contributed by atoms with Crippen molar-refractivity contribution in [3.63, 3.8) is 0 Å². The maximum Gasteiger partial charge on any atom is 0.278 e. The molecule has 0 N–H and O–H groups in total. The Balaban J connectivity index is 1.90. The summed E-state index contributed by atoms with van der Waals surface area (Å²) in [7, 11) is 0. The average molecular weight is 274 g/mol. The molecule has 0 aromatic carbocycles. The fourth-order valence-corrected chi connectivity index (χ4v) is 2.32. The van der Waals surface area contributed by atoms with E-state index in [0.29, 0.717) is 24.0 Å². The third kappa shape index (κ3) is 2.26. The van der Waals surface area contributed by atoms with Gasteiger partial charge in [0.15, 0.2) is 5.82 Å². The summed E-state index contributed by atoms with van der Waals surface area (Å²) in [4.78, 5) is 16.0. The van der Waals surface area contributed by atoms with E-state index in [0.717, 1.165) is 18.7 Å². The van der Waals surface area contributed by atoms with Crippen molar-refractivity contribution in [2.75, 3.05) is 0 Å². The molecule has 1 atom stereocenters. The van der Waals surface area contributed by atoms with E-state index >= 15 is 0 Å². The van der Waals surface area contributed by atoms with E-state index in [1.54, 1.807) is 6.07 Å². The van der Waals surface area contributed by atoms with Crippen molar-refractivity contribution < 1.29 is 4.52 Å². The quantitative estimate of drug-likeness (QED) is 0.854. The Kier molecular flexibility index (Phi) is 2.96. The van der Waals surface area contributed by atoms with Crippen LogP contribution < -0.4 is 5.56 Å². The SMILES string of the molecule is CCCn1nc(-c2nc(C3CC3(C)C)no2)ccc1=O. The Morgan fingerprint density at radius 1 is 1.45 bits per heavy atom. The predicted octanol–water partition coefficient (Wildman–Crippen LogP) is 2.22. The van der Waals surface area contributed by atoms with Gasteiger partial charge in [0.2, 0.25) is 0 Å². The van der Waals surface area contributed by atoms with Gasteiger partial charge in [0.1, 0.15) is 5.69 Å². The molecule has 0 amide bonds. The zero-order valence-electron chi connectivity index (χ0n) is 12.0. The Morgan fingerprint density at radius 3 is 2.85 bits per heavy atom. The highest BCUT2D eigenvalue weighted by Gasteiger charge is 2.49. The third-order valence-corrected chi connectivity index (χ3v) is 3.79. The second kappa shape index (κ2) is 4.54. The predicted molar refractivity (Wildman–Crippen MR) is 73.2 cm³/mol. The lowest BCUT2D eigenvalue weighted by Crippen LogP contribution is -2.22. The Morgan fingerprint density at radius 2 is 2.20 bits per heavy atom. The third-order valence-electron chi connectivity index (χ3n) is 3.79. The first-order valence-electron chi connectivity index (χ1n) is 6.93. The molecule has 1 aliphatic carbocycles. The van der Waals surface area contributed by atoms with Crippen molar-refractivity contribution in [2.45, 2.75) is 46.1 Å². The molecule has 2 aromatic heterocycles. The van der Waals surface area contributed by atoms with Crippen LogP contribution in [0.3, 0.4) is 0 Å². The van der Waals surface area contributed by atoms with Crippen LogP contribution in [0.5, 0.6) is 0 Å². The molecule has 1 saturated carbocycles. The summed E-state index contributed by atoms with van der Waals surface area (Å²) in [5, 5.41) is 8.30. The minimum Gasteiger partial charge on any atom is -0.332 e. The maximum atomic E-state index is 11.6. The van der Waals surface area contributed by atoms with Crippen LogP contribution in [0.25, 0.3) is 11.6 Å². The summed E-state index contributed by atoms with van der Waals surface area (Å²) >= 11 is 0. The van der Waals surface area contributed by atoms with Crippen LogP contribution in [-0.2, 0) is 6.54 Å². The summed E-state index contributed by atoms with van der Waals surface area (Å²) < 4.78 is 6.71. The standard InChI is InChI=1S/C14H18N4O2/c1-4-7-18-11(19)6-5-10(16-18)13-15-12(17-20-13)9-8-14(9,2)3/h5-6,9H,4,7-8H2,1-3H3. The van der Waals surface area contributed by atoms with Gasteiger partial charge in [-0.1, -0.05) is 25.9 Å². The Hall–Kier alpha value is -1.98. The molecule has 1 fully saturated rings. The first-order valence-corrected chi connectivity index (χ1v) is 6.93. The fraction of sp³-hybridized carbons (Fsp3) is 0.571. The van der Waals surface area contributed by atoms with Crippen LogP contribution in [0.1, 0.15) is 45.4 Å². The number of nitrogens with zero attached hydrogens (tertiary/aromatic N) is 4. The van der Waals surface area contributed by atoms with Crippen molar-refractivity contribution in [2.24, 2.45) is 5.41 Å². The van der Waals surface area contributed by atoms with Gasteiger partial charge in [-0.25, -0.2) is 4.68 Å². The van der Waals surface area contributed by atoms with Gasteiger partial charge in [0.05, 0.1) is 0 Å². The molecule has 0 spiro atoms. The Labute approximate surface area is 116 Å². The van der Waals surface area contributed by atoms with E-state index in [1.165, 1.54) is 10.7 Å². The van der Waals surface area contributed by atoms with Gasteiger partial charge in [-0.15, -0.1) is 0 Å². The number of rotatable bonds is 4. The highest BCUT2D eigenvalue weighted by molar-refractivity contribution is 5.45. The van der Waals surface area contributed by atoms with Gasteiger partial charge < -0.3 is 4.52 Å². The highest BCUT2D eigenvalue weighted by Crippen LogP contribution is 2.57. The molecule has 2 heterocycles. The molecule has 1 aliphatic rings. The smallest absolute Gasteiger partial charge is 0.278 e. The van der Waals surface area contributed by atoms with Gasteiger partial charge in [0, 0.05) is 18.5 Å². The number of aromatic nitrogens is 4. The molecule has 106 valence electrons. The highest BCUT2D eigenvalue weighted by atomic mass is 16.5. The lowest BCUT2D eigenvalue weighted by Gasteiger charge is -2.02. The lowest BCUT2D eigenvalue weighted by atomic mass is 10.1. The average Bonchev–Trinajstić information content (AvgIpc) is 2.86. The fourth-order valence-electron chi connectivity index (χ4n) is 2.32. The summed E-state index contributed by atoms with van der Waals surface area (Å²) in [6.07, 6.45) is 1.93. The van der Waals surface area contributed by atoms with Gasteiger partial charge in [-0.3, -0.25) is 4.79 Å². The lowest BCUT2D eigenvalue weighted by molar-refractivity contribution is 0.416. The molecule has 6 heteroatoms. The van der Waals surface area contributed by atoms with Gasteiger partial charge in [-0.2, -0.15) is 10.1 Å². The van der Waals surface area contributed by atoms with E-state index in [9.17, 15) is 4.79 Å². The monoisotopic (exact) mass is 274 g/mol. The van der Waals surface area contributed by atoms with Crippen molar-refractivity contribution in [3.05, 3.63) is 28.3 Å². The summed E-state index contributed by atoms with van der Waals surface area (Å²) in [6, 6.07) is 3.12. The maximum absolute atomic E-state index is 11.6. The van der Waals surface area contributed by atoms with Crippen molar-refractivity contribution in [1.82, 2.24) is 19.9 Å². The number of aryl methyl sites for hydroxylation is 1. The number of hydrogen-bond donors (Lipinski definition) is 0. The largest absolute Gasteiger partial charge is 0.332 e. The zero-order valence-corrected chi connectivity index (χ0v) is 12.0. The van der Waals surface area contributed by atoms with Crippen molar-refractivity contribution >= 4 is 0 Å². The van der Waals surface area contributed by atoms with E-state index in [1.807, 2.05) is 6.92 Å². The minimum atomic E-state index is -0.112. The van der Waals surface area contributed by atoms with Crippen molar-refractivity contribution in [1.29, 1.82) is 0 Å². The normalized spacial score (nSPS) is 20.1. The topological polar surface area (TPSA) is 73.8 Å². The van der Waals surface area contributed by atoms with Gasteiger partial charge >= 0.3 is 0 Å². The molecule has 20 heavy (non-hydrogen) atoms. The second-order valence-electron chi connectivity index (χ2n) is 5.98. The van der Waals surface area contributed by atoms with Crippen LogP contribution >= 0.6 is 0 Å². The van der Waals surface area contributed by atoms with E-state index in [2.05, 4.69) is 29.1 Å². The molecule has 0 bridgehead atoms. The molecular weight excluding hydrogens is 256 g/mol. The second-order valence-corrected chi connectivity index (χ2v) is 5.98. The van der Waals surface area contributed by atoms with E-state index in [4.69, 9.17) is 4.52 Å². The van der Waals surface area contributed by atoms with Crippen molar-refractivity contribution in [3.8, 4) is 11.6 Å². The van der Waals surface area contributed by atoms with Crippen LogP contribution in [0.4, 0.5) is 0 Å². The molecule has 0 saturated heterocycles.